The maximum Gasteiger partial charge on any atom is 0.106 e. The first-order chi connectivity index (χ1) is 10.2. The lowest BCUT2D eigenvalue weighted by Crippen LogP contribution is -2.43. The molecule has 2 aromatic rings. The lowest BCUT2D eigenvalue weighted by atomic mass is 9.92. The van der Waals surface area contributed by atoms with E-state index in [1.54, 1.807) is 0 Å². The normalized spacial score (nSPS) is 14.0. The zero-order valence-electron chi connectivity index (χ0n) is 12.8. The Hall–Kier alpha value is -1.44. The molecule has 3 nitrogen and oxygen atoms in total. The van der Waals surface area contributed by atoms with E-state index in [9.17, 15) is 5.26 Å². The Bertz CT molecular complexity index is 581. The highest BCUT2D eigenvalue weighted by Crippen LogP contribution is 2.25. The molecule has 0 saturated heterocycles. The number of aromatic amines is 1. The van der Waals surface area contributed by atoms with Crippen LogP contribution in [-0.2, 0) is 0 Å². The number of rotatable bonds is 8. The minimum atomic E-state index is -0.351. The van der Waals surface area contributed by atoms with E-state index < -0.39 is 0 Å². The fourth-order valence-electron chi connectivity index (χ4n) is 2.58. The fourth-order valence-corrected chi connectivity index (χ4v) is 3.48. The van der Waals surface area contributed by atoms with Gasteiger partial charge in [-0.25, -0.2) is 0 Å². The highest BCUT2D eigenvalue weighted by atomic mass is 32.2. The molecule has 21 heavy (non-hydrogen) atoms. The van der Waals surface area contributed by atoms with Crippen molar-refractivity contribution in [1.29, 1.82) is 5.26 Å². The summed E-state index contributed by atoms with van der Waals surface area (Å²) in [6.07, 6.45) is 2.80. The van der Waals surface area contributed by atoms with Gasteiger partial charge in [-0.05, 0) is 43.7 Å². The Labute approximate surface area is 131 Å². The number of hydrogen-bond donors (Lipinski definition) is 2. The molecule has 0 spiro atoms. The molecular formula is C17H23N3S. The number of nitrogens with zero attached hydrogens (tertiary/aromatic N) is 1. The van der Waals surface area contributed by atoms with E-state index in [1.165, 1.54) is 15.9 Å². The van der Waals surface area contributed by atoms with Crippen molar-refractivity contribution in [2.45, 2.75) is 43.7 Å². The van der Waals surface area contributed by atoms with E-state index in [-0.39, 0.29) is 5.54 Å². The van der Waals surface area contributed by atoms with E-state index in [2.05, 4.69) is 54.5 Å². The lowest BCUT2D eigenvalue weighted by molar-refractivity contribution is 0.379. The van der Waals surface area contributed by atoms with Crippen LogP contribution in [0.4, 0.5) is 0 Å². The third-order valence-electron chi connectivity index (χ3n) is 3.84. The standard InChI is InChI=1S/C17H23N3S/c1-3-17(13-18,19-4-2)10-7-11-21-16-12-14-8-5-6-9-15(14)20-16/h5-6,8-9,12,19-20H,3-4,7,10-11H2,1-2H3. The number of hydrogen-bond acceptors (Lipinski definition) is 3. The average molecular weight is 301 g/mol. The predicted octanol–water partition coefficient (Wildman–Crippen LogP) is 4.32. The molecule has 2 N–H and O–H groups in total. The summed E-state index contributed by atoms with van der Waals surface area (Å²) in [6, 6.07) is 13.0. The number of benzene rings is 1. The molecule has 0 amide bonds. The van der Waals surface area contributed by atoms with E-state index in [4.69, 9.17) is 0 Å². The van der Waals surface area contributed by atoms with Gasteiger partial charge in [-0.15, -0.1) is 11.8 Å². The van der Waals surface area contributed by atoms with Gasteiger partial charge in [0.05, 0.1) is 11.1 Å². The van der Waals surface area contributed by atoms with Crippen molar-refractivity contribution in [1.82, 2.24) is 10.3 Å². The molecule has 0 aliphatic rings. The van der Waals surface area contributed by atoms with Crippen molar-refractivity contribution in [3.05, 3.63) is 30.3 Å². The summed E-state index contributed by atoms with van der Waals surface area (Å²) in [5.41, 5.74) is 0.836. The molecule has 1 heterocycles. The zero-order chi connectivity index (χ0) is 15.1. The van der Waals surface area contributed by atoms with E-state index in [0.717, 1.165) is 31.6 Å². The maximum absolute atomic E-state index is 9.39. The van der Waals surface area contributed by atoms with Crippen molar-refractivity contribution in [2.75, 3.05) is 12.3 Å². The summed E-state index contributed by atoms with van der Waals surface area (Å²) in [4.78, 5) is 3.43. The van der Waals surface area contributed by atoms with Gasteiger partial charge in [0.25, 0.3) is 0 Å². The number of nitrogens with one attached hydrogen (secondary N) is 2. The smallest absolute Gasteiger partial charge is 0.106 e. The molecule has 2 rings (SSSR count). The molecule has 4 heteroatoms. The topological polar surface area (TPSA) is 51.6 Å². The Balaban J connectivity index is 1.85. The number of para-hydroxylation sites is 1. The van der Waals surface area contributed by atoms with E-state index in [1.807, 2.05) is 17.8 Å². The van der Waals surface area contributed by atoms with Crippen LogP contribution in [0.3, 0.4) is 0 Å². The highest BCUT2D eigenvalue weighted by molar-refractivity contribution is 7.99. The van der Waals surface area contributed by atoms with Gasteiger partial charge in [-0.1, -0.05) is 32.0 Å². The van der Waals surface area contributed by atoms with Crippen molar-refractivity contribution in [3.8, 4) is 6.07 Å². The first-order valence-electron chi connectivity index (χ1n) is 7.60. The van der Waals surface area contributed by atoms with Gasteiger partial charge in [-0.2, -0.15) is 5.26 Å². The largest absolute Gasteiger partial charge is 0.350 e. The van der Waals surface area contributed by atoms with Gasteiger partial charge in [-0.3, -0.25) is 5.32 Å². The lowest BCUT2D eigenvalue weighted by Gasteiger charge is -2.25. The molecule has 112 valence electrons. The van der Waals surface area contributed by atoms with Gasteiger partial charge in [0.2, 0.25) is 0 Å². The summed E-state index contributed by atoms with van der Waals surface area (Å²) < 4.78 is 0. The summed E-state index contributed by atoms with van der Waals surface area (Å²) in [7, 11) is 0. The molecule has 1 aromatic carbocycles. The number of fused-ring (bicyclic) bond motifs is 1. The summed E-state index contributed by atoms with van der Waals surface area (Å²) in [5, 5.41) is 15.2. The van der Waals surface area contributed by atoms with Gasteiger partial charge >= 0.3 is 0 Å². The molecule has 1 aromatic heterocycles. The molecule has 1 atom stereocenters. The van der Waals surface area contributed by atoms with Crippen molar-refractivity contribution in [2.24, 2.45) is 0 Å². The molecule has 1 unspecified atom stereocenters. The maximum atomic E-state index is 9.39. The number of H-pyrrole nitrogens is 1. The third-order valence-corrected chi connectivity index (χ3v) is 4.87. The Morgan fingerprint density at radius 3 is 2.81 bits per heavy atom. The van der Waals surface area contributed by atoms with Gasteiger partial charge in [0, 0.05) is 10.9 Å². The van der Waals surface area contributed by atoms with Crippen molar-refractivity contribution >= 4 is 22.7 Å². The Morgan fingerprint density at radius 1 is 1.33 bits per heavy atom. The molecule has 0 aliphatic carbocycles. The SMILES string of the molecule is CCNC(C#N)(CC)CCCSc1cc2ccccc2[nH]1. The van der Waals surface area contributed by atoms with Gasteiger partial charge in [0.15, 0.2) is 0 Å². The second-order valence-electron chi connectivity index (χ2n) is 5.25. The molecule has 0 saturated carbocycles. The van der Waals surface area contributed by atoms with Gasteiger partial charge in [0.1, 0.15) is 5.54 Å². The summed E-state index contributed by atoms with van der Waals surface area (Å²) in [6.45, 7) is 4.98. The minimum Gasteiger partial charge on any atom is -0.350 e. The molecule has 0 bridgehead atoms. The average Bonchev–Trinajstić information content (AvgIpc) is 2.93. The molecular weight excluding hydrogens is 278 g/mol. The second kappa shape index (κ2) is 7.53. The first-order valence-corrected chi connectivity index (χ1v) is 8.58. The van der Waals surface area contributed by atoms with Crippen LogP contribution in [0.5, 0.6) is 0 Å². The highest BCUT2D eigenvalue weighted by Gasteiger charge is 2.25. The summed E-state index contributed by atoms with van der Waals surface area (Å²) >= 11 is 1.83. The molecule has 0 aliphatic heterocycles. The van der Waals surface area contributed by atoms with E-state index >= 15 is 0 Å². The summed E-state index contributed by atoms with van der Waals surface area (Å²) in [5.74, 6) is 1.03. The van der Waals surface area contributed by atoms with Crippen molar-refractivity contribution < 1.29 is 0 Å². The quantitative estimate of drug-likeness (QED) is 0.564. The zero-order valence-corrected chi connectivity index (χ0v) is 13.6. The second-order valence-corrected chi connectivity index (χ2v) is 6.39. The Morgan fingerprint density at radius 2 is 2.14 bits per heavy atom. The van der Waals surface area contributed by atoms with Crippen LogP contribution >= 0.6 is 11.8 Å². The van der Waals surface area contributed by atoms with Crippen LogP contribution in [-0.4, -0.2) is 22.8 Å². The molecule has 0 radical (unpaired) electrons. The van der Waals surface area contributed by atoms with Crippen LogP contribution in [0.1, 0.15) is 33.1 Å². The van der Waals surface area contributed by atoms with Crippen LogP contribution in [0.2, 0.25) is 0 Å². The monoisotopic (exact) mass is 301 g/mol. The van der Waals surface area contributed by atoms with Crippen LogP contribution in [0, 0.1) is 11.3 Å². The fraction of sp³-hybridized carbons (Fsp3) is 0.471. The Kier molecular flexibility index (Phi) is 5.72. The van der Waals surface area contributed by atoms with E-state index in [0.29, 0.717) is 0 Å². The predicted molar refractivity (Wildman–Crippen MR) is 90.6 cm³/mol. The van der Waals surface area contributed by atoms with Crippen LogP contribution in [0.15, 0.2) is 35.4 Å². The van der Waals surface area contributed by atoms with Crippen LogP contribution in [0.25, 0.3) is 10.9 Å². The third kappa shape index (κ3) is 4.03. The first kappa shape index (κ1) is 15.9. The number of thioether (sulfide) groups is 1. The van der Waals surface area contributed by atoms with Crippen molar-refractivity contribution in [3.63, 3.8) is 0 Å². The minimum absolute atomic E-state index is 0.351. The van der Waals surface area contributed by atoms with Crippen LogP contribution < -0.4 is 5.32 Å². The number of nitriles is 1. The van der Waals surface area contributed by atoms with Gasteiger partial charge < -0.3 is 4.98 Å². The number of aromatic nitrogens is 1. The molecule has 0 fully saturated rings.